The van der Waals surface area contributed by atoms with E-state index in [1.807, 2.05) is 29.1 Å². The second kappa shape index (κ2) is 7.25. The van der Waals surface area contributed by atoms with Crippen LogP contribution in [0.15, 0.2) is 73.3 Å². The number of non-ortho nitro benzene ring substituents is 1. The molecule has 2 aromatic carbocycles. The number of nitrogens with zero attached hydrogens (tertiary/aromatic N) is 4. The topological polar surface area (TPSA) is 85.9 Å². The Morgan fingerprint density at radius 2 is 1.85 bits per heavy atom. The van der Waals surface area contributed by atoms with Gasteiger partial charge in [-0.05, 0) is 29.3 Å². The average molecular weight is 359 g/mol. The zero-order valence-corrected chi connectivity index (χ0v) is 14.4. The first-order valence-electron chi connectivity index (χ1n) is 8.51. The van der Waals surface area contributed by atoms with Crippen molar-refractivity contribution >= 4 is 22.1 Å². The second-order valence-electron chi connectivity index (χ2n) is 6.14. The molecule has 0 bridgehead atoms. The molecule has 2 heterocycles. The number of hydrogen-bond acceptors (Lipinski definition) is 5. The van der Waals surface area contributed by atoms with Gasteiger partial charge in [-0.1, -0.05) is 24.3 Å². The molecule has 4 rings (SSSR count). The van der Waals surface area contributed by atoms with E-state index in [1.54, 1.807) is 24.5 Å². The van der Waals surface area contributed by atoms with E-state index >= 15 is 0 Å². The molecule has 0 amide bonds. The predicted octanol–water partition coefficient (Wildman–Crippen LogP) is 4.00. The van der Waals surface area contributed by atoms with Crippen molar-refractivity contribution in [2.45, 2.75) is 13.1 Å². The lowest BCUT2D eigenvalue weighted by Gasteiger charge is -2.13. The van der Waals surface area contributed by atoms with Gasteiger partial charge in [0.25, 0.3) is 5.69 Å². The van der Waals surface area contributed by atoms with Gasteiger partial charge in [0.05, 0.1) is 16.9 Å². The summed E-state index contributed by atoms with van der Waals surface area (Å²) in [6, 6.07) is 15.1. The van der Waals surface area contributed by atoms with Crippen LogP contribution in [0.2, 0.25) is 0 Å². The summed E-state index contributed by atoms with van der Waals surface area (Å²) >= 11 is 0. The third-order valence-corrected chi connectivity index (χ3v) is 4.47. The summed E-state index contributed by atoms with van der Waals surface area (Å²) < 4.78 is 1.88. The van der Waals surface area contributed by atoms with Crippen LogP contribution in [0.1, 0.15) is 11.1 Å². The molecule has 0 aliphatic carbocycles. The quantitative estimate of drug-likeness (QED) is 0.415. The third kappa shape index (κ3) is 3.48. The highest BCUT2D eigenvalue weighted by molar-refractivity contribution is 5.99. The lowest BCUT2D eigenvalue weighted by atomic mass is 10.1. The summed E-state index contributed by atoms with van der Waals surface area (Å²) in [5, 5.41) is 20.2. The van der Waals surface area contributed by atoms with Crippen LogP contribution < -0.4 is 5.32 Å². The summed E-state index contributed by atoms with van der Waals surface area (Å²) in [5.41, 5.74) is 3.21. The Hall–Kier alpha value is -3.74. The van der Waals surface area contributed by atoms with E-state index in [9.17, 15) is 10.1 Å². The molecule has 27 heavy (non-hydrogen) atoms. The van der Waals surface area contributed by atoms with E-state index in [-0.39, 0.29) is 10.6 Å². The van der Waals surface area contributed by atoms with Crippen LogP contribution in [-0.2, 0) is 13.1 Å². The second-order valence-corrected chi connectivity index (χ2v) is 6.14. The maximum atomic E-state index is 11.3. The number of aromatic nitrogens is 3. The van der Waals surface area contributed by atoms with Crippen molar-refractivity contribution in [3.63, 3.8) is 0 Å². The van der Waals surface area contributed by atoms with Crippen LogP contribution in [0.25, 0.3) is 10.8 Å². The summed E-state index contributed by atoms with van der Waals surface area (Å²) in [5.74, 6) is 0. The molecule has 1 N–H and O–H groups in total. The molecular formula is C20H17N5O2. The number of nitrogens with one attached hydrogen (secondary N) is 1. The SMILES string of the molecule is O=[N+]([O-])c1ccc(NCc2ccccc2Cn2cccn2)c2ccncc12. The molecule has 0 fully saturated rings. The smallest absolute Gasteiger partial charge is 0.278 e. The Balaban J connectivity index is 1.62. The normalized spacial score (nSPS) is 10.8. The van der Waals surface area contributed by atoms with Gasteiger partial charge < -0.3 is 5.32 Å². The maximum absolute atomic E-state index is 11.3. The molecule has 4 aromatic rings. The Labute approximate surface area is 155 Å². The molecule has 7 nitrogen and oxygen atoms in total. The van der Waals surface area contributed by atoms with Crippen LogP contribution in [0.3, 0.4) is 0 Å². The van der Waals surface area contributed by atoms with Crippen LogP contribution in [0, 0.1) is 10.1 Å². The highest BCUT2D eigenvalue weighted by Gasteiger charge is 2.14. The number of nitro groups is 1. The van der Waals surface area contributed by atoms with Gasteiger partial charge in [-0.15, -0.1) is 0 Å². The maximum Gasteiger partial charge on any atom is 0.278 e. The van der Waals surface area contributed by atoms with Gasteiger partial charge in [-0.2, -0.15) is 5.10 Å². The molecule has 2 aromatic heterocycles. The van der Waals surface area contributed by atoms with Crippen molar-refractivity contribution in [3.8, 4) is 0 Å². The molecule has 134 valence electrons. The number of rotatable bonds is 6. The fourth-order valence-corrected chi connectivity index (χ4v) is 3.13. The number of hydrogen-bond donors (Lipinski definition) is 1. The molecule has 0 aliphatic rings. The van der Waals surface area contributed by atoms with Crippen molar-refractivity contribution in [1.82, 2.24) is 14.8 Å². The first-order valence-corrected chi connectivity index (χ1v) is 8.51. The fraction of sp³-hybridized carbons (Fsp3) is 0.100. The molecule has 0 radical (unpaired) electrons. The minimum Gasteiger partial charge on any atom is -0.380 e. The third-order valence-electron chi connectivity index (χ3n) is 4.47. The Morgan fingerprint density at radius 3 is 2.63 bits per heavy atom. The minimum atomic E-state index is -0.382. The lowest BCUT2D eigenvalue weighted by Crippen LogP contribution is -2.07. The molecule has 7 heteroatoms. The molecule has 0 saturated heterocycles. The van der Waals surface area contributed by atoms with Gasteiger partial charge in [0.1, 0.15) is 0 Å². The molecule has 0 unspecified atom stereocenters. The van der Waals surface area contributed by atoms with E-state index in [0.717, 1.165) is 16.6 Å². The molecular weight excluding hydrogens is 342 g/mol. The van der Waals surface area contributed by atoms with Crippen molar-refractivity contribution in [2.75, 3.05) is 5.32 Å². The first-order chi connectivity index (χ1) is 13.2. The Kier molecular flexibility index (Phi) is 4.49. The fourth-order valence-electron chi connectivity index (χ4n) is 3.13. The summed E-state index contributed by atoms with van der Waals surface area (Å²) in [7, 11) is 0. The van der Waals surface area contributed by atoms with Crippen molar-refractivity contribution in [2.24, 2.45) is 0 Å². The van der Waals surface area contributed by atoms with E-state index in [1.165, 1.54) is 17.8 Å². The highest BCUT2D eigenvalue weighted by Crippen LogP contribution is 2.31. The molecule has 0 saturated carbocycles. The number of benzene rings is 2. The molecule has 0 spiro atoms. The van der Waals surface area contributed by atoms with Gasteiger partial charge >= 0.3 is 0 Å². The van der Waals surface area contributed by atoms with Crippen LogP contribution >= 0.6 is 0 Å². The summed E-state index contributed by atoms with van der Waals surface area (Å²) in [6.07, 6.45) is 6.87. The van der Waals surface area contributed by atoms with E-state index in [0.29, 0.717) is 18.5 Å². The zero-order valence-electron chi connectivity index (χ0n) is 14.4. The highest BCUT2D eigenvalue weighted by atomic mass is 16.6. The van der Waals surface area contributed by atoms with Crippen LogP contribution in [0.5, 0.6) is 0 Å². The van der Waals surface area contributed by atoms with Gasteiger partial charge in [0, 0.05) is 48.5 Å². The predicted molar refractivity (Wildman–Crippen MR) is 103 cm³/mol. The summed E-state index contributed by atoms with van der Waals surface area (Å²) in [4.78, 5) is 14.9. The van der Waals surface area contributed by atoms with Crippen LogP contribution in [0.4, 0.5) is 11.4 Å². The standard InChI is InChI=1S/C20H17N5O2/c26-25(27)20-7-6-19(17-8-10-21-13-18(17)20)22-12-15-4-1-2-5-16(15)14-24-11-3-9-23-24/h1-11,13,22H,12,14H2. The van der Waals surface area contributed by atoms with E-state index in [4.69, 9.17) is 0 Å². The number of fused-ring (bicyclic) bond motifs is 1. The van der Waals surface area contributed by atoms with E-state index in [2.05, 4.69) is 27.5 Å². The van der Waals surface area contributed by atoms with Gasteiger partial charge in [-0.3, -0.25) is 19.8 Å². The Bertz CT molecular complexity index is 1090. The van der Waals surface area contributed by atoms with E-state index < -0.39 is 0 Å². The van der Waals surface area contributed by atoms with Crippen molar-refractivity contribution in [1.29, 1.82) is 0 Å². The van der Waals surface area contributed by atoms with Crippen molar-refractivity contribution in [3.05, 3.63) is 94.6 Å². The number of nitro benzene ring substituents is 1. The molecule has 0 atom stereocenters. The average Bonchev–Trinajstić information content (AvgIpc) is 3.20. The first kappa shape index (κ1) is 16.7. The number of pyridine rings is 1. The monoisotopic (exact) mass is 359 g/mol. The Morgan fingerprint density at radius 1 is 1.00 bits per heavy atom. The molecule has 0 aliphatic heterocycles. The lowest BCUT2D eigenvalue weighted by molar-refractivity contribution is -0.383. The summed E-state index contributed by atoms with van der Waals surface area (Å²) in [6.45, 7) is 1.29. The van der Waals surface area contributed by atoms with Gasteiger partial charge in [-0.25, -0.2) is 0 Å². The van der Waals surface area contributed by atoms with Crippen molar-refractivity contribution < 1.29 is 4.92 Å². The van der Waals surface area contributed by atoms with Gasteiger partial charge in [0.15, 0.2) is 0 Å². The number of anilines is 1. The van der Waals surface area contributed by atoms with Crippen LogP contribution in [-0.4, -0.2) is 19.7 Å². The largest absolute Gasteiger partial charge is 0.380 e. The zero-order chi connectivity index (χ0) is 18.6. The van der Waals surface area contributed by atoms with Gasteiger partial charge in [0.2, 0.25) is 0 Å². The minimum absolute atomic E-state index is 0.0581.